The summed E-state index contributed by atoms with van der Waals surface area (Å²) in [6.07, 6.45) is -0.556. The highest BCUT2D eigenvalue weighted by Gasteiger charge is 2.34. The predicted octanol–water partition coefficient (Wildman–Crippen LogP) is 6.71. The fourth-order valence-electron chi connectivity index (χ4n) is 3.51. The Morgan fingerprint density at radius 2 is 1.63 bits per heavy atom. The Morgan fingerprint density at radius 1 is 1.00 bits per heavy atom. The highest BCUT2D eigenvalue weighted by Crippen LogP contribution is 2.30. The van der Waals surface area contributed by atoms with Crippen molar-refractivity contribution in [3.8, 4) is 34.0 Å². The third-order valence-electron chi connectivity index (χ3n) is 5.52. The van der Waals surface area contributed by atoms with Gasteiger partial charge in [0.1, 0.15) is 23.8 Å². The van der Waals surface area contributed by atoms with Gasteiger partial charge in [-0.05, 0) is 57.0 Å². The number of hydrogen-bond donors (Lipinski definition) is 0. The third-order valence-corrected chi connectivity index (χ3v) is 5.52. The van der Waals surface area contributed by atoms with Crippen LogP contribution < -0.4 is 9.47 Å². The first-order chi connectivity index (χ1) is 16.6. The molecule has 0 amide bonds. The van der Waals surface area contributed by atoms with E-state index in [1.54, 1.807) is 67.8 Å². The Labute approximate surface area is 203 Å². The third kappa shape index (κ3) is 6.59. The van der Waals surface area contributed by atoms with E-state index >= 15 is 0 Å². The fraction of sp³-hybridized carbons (Fsp3) is 0.370. The van der Waals surface area contributed by atoms with Gasteiger partial charge in [0.15, 0.2) is 12.0 Å². The van der Waals surface area contributed by atoms with Crippen LogP contribution >= 0.6 is 0 Å². The summed E-state index contributed by atoms with van der Waals surface area (Å²) < 4.78 is 52.5. The quantitative estimate of drug-likeness (QED) is 0.236. The Balaban J connectivity index is 1.74. The van der Waals surface area contributed by atoms with E-state index in [1.807, 2.05) is 0 Å². The lowest BCUT2D eigenvalue weighted by atomic mass is 10.0. The first kappa shape index (κ1) is 26.2. The number of hydrogen-bond acceptors (Lipinski definition) is 5. The van der Waals surface area contributed by atoms with E-state index in [-0.39, 0.29) is 12.2 Å². The van der Waals surface area contributed by atoms with Crippen LogP contribution in [-0.4, -0.2) is 40.1 Å². The molecular weight excluding hydrogens is 457 g/mol. The van der Waals surface area contributed by atoms with Gasteiger partial charge in [0.05, 0.1) is 5.56 Å². The maximum absolute atomic E-state index is 14.3. The van der Waals surface area contributed by atoms with E-state index in [2.05, 4.69) is 9.97 Å². The van der Waals surface area contributed by atoms with Crippen LogP contribution in [0.2, 0.25) is 0 Å². The number of nitrogens with zero attached hydrogens (tertiary/aromatic N) is 2. The first-order valence-electron chi connectivity index (χ1n) is 11.5. The number of benzene rings is 2. The number of ether oxygens (including phenoxy) is 2. The van der Waals surface area contributed by atoms with Crippen LogP contribution in [0.3, 0.4) is 0 Å². The second kappa shape index (κ2) is 11.3. The molecule has 4 unspecified atom stereocenters. The van der Waals surface area contributed by atoms with Crippen LogP contribution in [0.5, 0.6) is 11.5 Å². The van der Waals surface area contributed by atoms with Gasteiger partial charge in [-0.1, -0.05) is 37.6 Å². The number of rotatable bonds is 10. The van der Waals surface area contributed by atoms with Crippen LogP contribution in [0.4, 0.5) is 13.2 Å². The Bertz CT molecular complexity index is 1120. The highest BCUT2D eigenvalue weighted by molar-refractivity contribution is 5.81. The molecule has 3 aromatic rings. The average Bonchev–Trinajstić information content (AvgIpc) is 2.84. The first-order valence-corrected chi connectivity index (χ1v) is 11.5. The molecule has 4 atom stereocenters. The van der Waals surface area contributed by atoms with E-state index in [0.717, 1.165) is 12.5 Å². The molecule has 0 saturated heterocycles. The molecule has 186 valence electrons. The maximum Gasteiger partial charge on any atom is 0.348 e. The number of aromatic nitrogens is 2. The van der Waals surface area contributed by atoms with Gasteiger partial charge in [0.25, 0.3) is 0 Å². The predicted molar refractivity (Wildman–Crippen MR) is 129 cm³/mol. The summed E-state index contributed by atoms with van der Waals surface area (Å²) >= 11 is 0. The molecule has 0 spiro atoms. The summed E-state index contributed by atoms with van der Waals surface area (Å²) in [5, 5.41) is 0. The molecule has 2 aromatic carbocycles. The molecule has 5 nitrogen and oxygen atoms in total. The number of para-hydroxylation sites is 1. The summed E-state index contributed by atoms with van der Waals surface area (Å²) in [7, 11) is 0. The summed E-state index contributed by atoms with van der Waals surface area (Å²) in [5.41, 5.74) is -0.0179. The van der Waals surface area contributed by atoms with Crippen molar-refractivity contribution in [3.63, 3.8) is 0 Å². The normalized spacial score (nSPS) is 15.5. The monoisotopic (exact) mass is 486 g/mol. The number of alkyl halides is 3. The zero-order chi connectivity index (χ0) is 25.6. The summed E-state index contributed by atoms with van der Waals surface area (Å²) in [6.45, 7) is 5.64. The number of carbonyl (C=O) groups excluding carboxylic acids is 1. The van der Waals surface area contributed by atoms with Gasteiger partial charge in [-0.3, -0.25) is 0 Å². The van der Waals surface area contributed by atoms with Crippen LogP contribution in [0, 0.1) is 0 Å². The zero-order valence-corrected chi connectivity index (χ0v) is 20.2. The van der Waals surface area contributed by atoms with Crippen LogP contribution in [0.1, 0.15) is 40.5 Å². The average molecular weight is 487 g/mol. The molecule has 0 aliphatic rings. The Kier molecular flexibility index (Phi) is 8.48. The Hall–Kier alpha value is -3.42. The molecule has 0 bridgehead atoms. The topological polar surface area (TPSA) is 61.3 Å². The lowest BCUT2D eigenvalue weighted by molar-refractivity contribution is -0.147. The molecule has 35 heavy (non-hydrogen) atoms. The molecule has 1 heterocycles. The molecule has 3 rings (SSSR count). The SMILES string of the molecule is CCCC(C)(F)C(=O)Oc1ccc(-c2cnc(-c3ccccc3OC(C)C(F)C(C)F)nc2)cc1. The van der Waals surface area contributed by atoms with E-state index in [0.29, 0.717) is 29.1 Å². The minimum absolute atomic E-state index is 0.0873. The van der Waals surface area contributed by atoms with Gasteiger partial charge in [0, 0.05) is 18.0 Å². The van der Waals surface area contributed by atoms with Crippen molar-refractivity contribution < 1.29 is 27.4 Å². The molecular formula is C27H29F3N2O3. The van der Waals surface area contributed by atoms with Crippen molar-refractivity contribution >= 4 is 5.97 Å². The zero-order valence-electron chi connectivity index (χ0n) is 20.2. The van der Waals surface area contributed by atoms with Gasteiger partial charge in [-0.25, -0.2) is 27.9 Å². The van der Waals surface area contributed by atoms with Crippen molar-refractivity contribution in [3.05, 3.63) is 60.9 Å². The number of esters is 1. The van der Waals surface area contributed by atoms with E-state index in [4.69, 9.17) is 9.47 Å². The van der Waals surface area contributed by atoms with Gasteiger partial charge < -0.3 is 9.47 Å². The van der Waals surface area contributed by atoms with Gasteiger partial charge in [0.2, 0.25) is 5.67 Å². The molecule has 0 saturated carbocycles. The smallest absolute Gasteiger partial charge is 0.348 e. The second-order valence-electron chi connectivity index (χ2n) is 8.60. The lowest BCUT2D eigenvalue weighted by Gasteiger charge is -2.21. The molecule has 0 N–H and O–H groups in total. The van der Waals surface area contributed by atoms with Crippen LogP contribution in [-0.2, 0) is 4.79 Å². The Morgan fingerprint density at radius 3 is 2.23 bits per heavy atom. The van der Waals surface area contributed by atoms with Crippen molar-refractivity contribution in [1.82, 2.24) is 9.97 Å². The largest absolute Gasteiger partial charge is 0.487 e. The second-order valence-corrected chi connectivity index (χ2v) is 8.60. The van der Waals surface area contributed by atoms with E-state index in [1.165, 1.54) is 13.8 Å². The van der Waals surface area contributed by atoms with E-state index in [9.17, 15) is 18.0 Å². The summed E-state index contributed by atoms with van der Waals surface area (Å²) in [5.74, 6) is 0.0365. The van der Waals surface area contributed by atoms with Gasteiger partial charge >= 0.3 is 5.97 Å². The van der Waals surface area contributed by atoms with Crippen molar-refractivity contribution in [1.29, 1.82) is 0 Å². The molecule has 1 aromatic heterocycles. The molecule has 0 aliphatic heterocycles. The number of carbonyl (C=O) groups is 1. The molecule has 0 fully saturated rings. The van der Waals surface area contributed by atoms with E-state index < -0.39 is 30.1 Å². The number of halogens is 3. The van der Waals surface area contributed by atoms with Crippen LogP contribution in [0.15, 0.2) is 60.9 Å². The van der Waals surface area contributed by atoms with Gasteiger partial charge in [-0.15, -0.1) is 0 Å². The van der Waals surface area contributed by atoms with Gasteiger partial charge in [-0.2, -0.15) is 0 Å². The minimum Gasteiger partial charge on any atom is -0.487 e. The van der Waals surface area contributed by atoms with Crippen molar-refractivity contribution in [2.75, 3.05) is 0 Å². The highest BCUT2D eigenvalue weighted by atomic mass is 19.2. The standard InChI is InChI=1S/C27H29F3N2O3/c1-5-14-27(4,30)26(33)35-21-12-10-19(11-13-21)20-15-31-25(32-16-20)22-8-6-7-9-23(22)34-18(3)24(29)17(2)28/h6-13,15-18,24H,5,14H2,1-4H3. The fourth-order valence-corrected chi connectivity index (χ4v) is 3.51. The lowest BCUT2D eigenvalue weighted by Crippen LogP contribution is -2.34. The minimum atomic E-state index is -2.04. The molecule has 0 aliphatic carbocycles. The van der Waals surface area contributed by atoms with Crippen molar-refractivity contribution in [2.24, 2.45) is 0 Å². The summed E-state index contributed by atoms with van der Waals surface area (Å²) in [6, 6.07) is 13.5. The van der Waals surface area contributed by atoms with Crippen LogP contribution in [0.25, 0.3) is 22.5 Å². The molecule has 0 radical (unpaired) electrons. The maximum atomic E-state index is 14.3. The molecule has 8 heteroatoms. The van der Waals surface area contributed by atoms with Crippen molar-refractivity contribution in [2.45, 2.75) is 64.7 Å². The summed E-state index contributed by atoms with van der Waals surface area (Å²) in [4.78, 5) is 20.9.